The van der Waals surface area contributed by atoms with Crippen LogP contribution in [-0.2, 0) is 25.8 Å². The Bertz CT molecular complexity index is 694. The van der Waals surface area contributed by atoms with Crippen LogP contribution in [0.1, 0.15) is 32.3 Å². The normalized spacial score (nSPS) is 18.4. The highest BCUT2D eigenvalue weighted by atomic mass is 32.2. The highest BCUT2D eigenvalue weighted by Gasteiger charge is 2.33. The van der Waals surface area contributed by atoms with Gasteiger partial charge in [-0.1, -0.05) is 12.1 Å². The molecule has 23 heavy (non-hydrogen) atoms. The number of benzene rings is 1. The fraction of sp³-hybridized carbons (Fsp3) is 0.500. The van der Waals surface area contributed by atoms with Gasteiger partial charge in [0.25, 0.3) is 0 Å². The third-order valence-corrected chi connectivity index (χ3v) is 6.26. The van der Waals surface area contributed by atoms with Crippen LogP contribution in [0.3, 0.4) is 0 Å². The van der Waals surface area contributed by atoms with Crippen molar-refractivity contribution in [1.82, 2.24) is 4.90 Å². The summed E-state index contributed by atoms with van der Waals surface area (Å²) in [5.41, 5.74) is 0.675. The molecule has 0 aliphatic carbocycles. The zero-order valence-corrected chi connectivity index (χ0v) is 14.0. The SMILES string of the molecule is CC(C)S(=O)(=O)c1ccc(CC(=O)N2CCC[C@H]2C(=O)O)cc1. The van der Waals surface area contributed by atoms with Crippen molar-refractivity contribution < 1.29 is 23.1 Å². The van der Waals surface area contributed by atoms with Crippen LogP contribution in [-0.4, -0.2) is 48.1 Å². The lowest BCUT2D eigenvalue weighted by Crippen LogP contribution is -2.41. The Morgan fingerprint density at radius 1 is 1.26 bits per heavy atom. The summed E-state index contributed by atoms with van der Waals surface area (Å²) in [6.45, 7) is 3.69. The van der Waals surface area contributed by atoms with Crippen molar-refractivity contribution in [3.63, 3.8) is 0 Å². The number of aliphatic carboxylic acids is 1. The van der Waals surface area contributed by atoms with Gasteiger partial charge in [0.15, 0.2) is 9.84 Å². The third kappa shape index (κ3) is 3.72. The van der Waals surface area contributed by atoms with Crippen molar-refractivity contribution in [2.45, 2.75) is 49.3 Å². The van der Waals surface area contributed by atoms with E-state index in [1.165, 1.54) is 17.0 Å². The van der Waals surface area contributed by atoms with E-state index in [2.05, 4.69) is 0 Å². The van der Waals surface area contributed by atoms with Crippen molar-refractivity contribution in [3.8, 4) is 0 Å². The first-order chi connectivity index (χ1) is 10.7. The highest BCUT2D eigenvalue weighted by molar-refractivity contribution is 7.92. The molecular formula is C16H21NO5S. The molecule has 0 spiro atoms. The number of amides is 1. The first-order valence-corrected chi connectivity index (χ1v) is 9.13. The molecule has 126 valence electrons. The summed E-state index contributed by atoms with van der Waals surface area (Å²) in [6.07, 6.45) is 1.24. The topological polar surface area (TPSA) is 91.8 Å². The first kappa shape index (κ1) is 17.5. The van der Waals surface area contributed by atoms with Crippen LogP contribution >= 0.6 is 0 Å². The number of nitrogens with zero attached hydrogens (tertiary/aromatic N) is 1. The van der Waals surface area contributed by atoms with Crippen LogP contribution in [0.15, 0.2) is 29.2 Å². The van der Waals surface area contributed by atoms with Crippen LogP contribution in [0.4, 0.5) is 0 Å². The fourth-order valence-electron chi connectivity index (χ4n) is 2.67. The van der Waals surface area contributed by atoms with E-state index >= 15 is 0 Å². The fourth-order valence-corrected chi connectivity index (χ4v) is 3.73. The van der Waals surface area contributed by atoms with Gasteiger partial charge in [0.1, 0.15) is 6.04 Å². The molecule has 1 saturated heterocycles. The number of sulfone groups is 1. The quantitative estimate of drug-likeness (QED) is 0.877. The highest BCUT2D eigenvalue weighted by Crippen LogP contribution is 2.20. The van der Waals surface area contributed by atoms with Gasteiger partial charge in [-0.2, -0.15) is 0 Å². The molecule has 2 rings (SSSR count). The second-order valence-corrected chi connectivity index (χ2v) is 8.50. The van der Waals surface area contributed by atoms with E-state index in [-0.39, 0.29) is 17.2 Å². The Morgan fingerprint density at radius 2 is 1.87 bits per heavy atom. The van der Waals surface area contributed by atoms with Crippen LogP contribution in [0, 0.1) is 0 Å². The second-order valence-electron chi connectivity index (χ2n) is 6.00. The van der Waals surface area contributed by atoms with Gasteiger partial charge >= 0.3 is 5.97 Å². The Morgan fingerprint density at radius 3 is 2.39 bits per heavy atom. The second kappa shape index (κ2) is 6.70. The Kier molecular flexibility index (Phi) is 5.09. The molecule has 1 N–H and O–H groups in total. The lowest BCUT2D eigenvalue weighted by Gasteiger charge is -2.21. The molecule has 0 bridgehead atoms. The van der Waals surface area contributed by atoms with E-state index in [9.17, 15) is 18.0 Å². The van der Waals surface area contributed by atoms with Crippen LogP contribution < -0.4 is 0 Å². The minimum absolute atomic E-state index is 0.0752. The molecule has 1 heterocycles. The summed E-state index contributed by atoms with van der Waals surface area (Å²) in [6, 6.07) is 5.47. The molecule has 1 atom stereocenters. The molecule has 1 aliphatic rings. The Hall–Kier alpha value is -1.89. The third-order valence-electron chi connectivity index (χ3n) is 4.09. The van der Waals surface area contributed by atoms with Gasteiger partial charge in [-0.15, -0.1) is 0 Å². The summed E-state index contributed by atoms with van der Waals surface area (Å²) >= 11 is 0. The number of carbonyl (C=O) groups is 2. The Balaban J connectivity index is 2.09. The van der Waals surface area contributed by atoms with Gasteiger partial charge in [-0.25, -0.2) is 13.2 Å². The number of carboxylic acid groups (broad SMARTS) is 1. The maximum Gasteiger partial charge on any atom is 0.326 e. The average molecular weight is 339 g/mol. The number of hydrogen-bond donors (Lipinski definition) is 1. The molecule has 1 aromatic carbocycles. The van der Waals surface area contributed by atoms with E-state index in [0.717, 1.165) is 0 Å². The average Bonchev–Trinajstić information content (AvgIpc) is 2.97. The van der Waals surface area contributed by atoms with Gasteiger partial charge in [0.05, 0.1) is 16.6 Å². The standard InChI is InChI=1S/C16H21NO5S/c1-11(2)23(21,22)13-7-5-12(6-8-13)10-15(18)17-9-3-4-14(17)16(19)20/h5-8,11,14H,3-4,9-10H2,1-2H3,(H,19,20)/t14-/m0/s1. The molecule has 1 aliphatic heterocycles. The van der Waals surface area contributed by atoms with Gasteiger partial charge in [-0.3, -0.25) is 4.79 Å². The first-order valence-electron chi connectivity index (χ1n) is 7.58. The van der Waals surface area contributed by atoms with Crippen molar-refractivity contribution in [1.29, 1.82) is 0 Å². The number of likely N-dealkylation sites (tertiary alicyclic amines) is 1. The molecule has 6 nitrogen and oxygen atoms in total. The van der Waals surface area contributed by atoms with Gasteiger partial charge in [0, 0.05) is 6.54 Å². The number of hydrogen-bond acceptors (Lipinski definition) is 4. The maximum atomic E-state index is 12.3. The lowest BCUT2D eigenvalue weighted by atomic mass is 10.1. The zero-order valence-electron chi connectivity index (χ0n) is 13.2. The lowest BCUT2D eigenvalue weighted by molar-refractivity contribution is -0.148. The summed E-state index contributed by atoms with van der Waals surface area (Å²) in [5, 5.41) is 8.61. The molecule has 1 aromatic rings. The van der Waals surface area contributed by atoms with Crippen LogP contribution in [0.5, 0.6) is 0 Å². The maximum absolute atomic E-state index is 12.3. The number of rotatable bonds is 5. The Labute approximate surface area is 136 Å². The minimum atomic E-state index is -3.33. The van der Waals surface area contributed by atoms with E-state index in [1.54, 1.807) is 26.0 Å². The van der Waals surface area contributed by atoms with E-state index in [4.69, 9.17) is 5.11 Å². The van der Waals surface area contributed by atoms with E-state index in [1.807, 2.05) is 0 Å². The molecule has 0 radical (unpaired) electrons. The molecular weight excluding hydrogens is 318 g/mol. The zero-order chi connectivity index (χ0) is 17.2. The summed E-state index contributed by atoms with van der Waals surface area (Å²) in [7, 11) is -3.33. The number of carboxylic acids is 1. The predicted molar refractivity (Wildman–Crippen MR) is 84.8 cm³/mol. The minimum Gasteiger partial charge on any atom is -0.480 e. The van der Waals surface area contributed by atoms with Crippen molar-refractivity contribution in [3.05, 3.63) is 29.8 Å². The van der Waals surface area contributed by atoms with Gasteiger partial charge in [-0.05, 0) is 44.4 Å². The van der Waals surface area contributed by atoms with Crippen LogP contribution in [0.25, 0.3) is 0 Å². The molecule has 1 fully saturated rings. The van der Waals surface area contributed by atoms with Crippen molar-refractivity contribution in [2.75, 3.05) is 6.54 Å². The molecule has 7 heteroatoms. The molecule has 0 aromatic heterocycles. The van der Waals surface area contributed by atoms with Gasteiger partial charge in [0.2, 0.25) is 5.91 Å². The summed E-state index contributed by atoms with van der Waals surface area (Å²) < 4.78 is 24.1. The monoisotopic (exact) mass is 339 g/mol. The summed E-state index contributed by atoms with van der Waals surface area (Å²) in [4.78, 5) is 25.0. The molecule has 0 saturated carbocycles. The van der Waals surface area contributed by atoms with Crippen molar-refractivity contribution in [2.24, 2.45) is 0 Å². The number of carbonyl (C=O) groups excluding carboxylic acids is 1. The van der Waals surface area contributed by atoms with E-state index < -0.39 is 27.1 Å². The van der Waals surface area contributed by atoms with Crippen LogP contribution in [0.2, 0.25) is 0 Å². The smallest absolute Gasteiger partial charge is 0.326 e. The molecule has 1 amide bonds. The largest absolute Gasteiger partial charge is 0.480 e. The van der Waals surface area contributed by atoms with E-state index in [0.29, 0.717) is 24.9 Å². The summed E-state index contributed by atoms with van der Waals surface area (Å²) in [5.74, 6) is -1.22. The predicted octanol–water partition coefficient (Wildman–Crippen LogP) is 1.49. The molecule has 0 unspecified atom stereocenters. The van der Waals surface area contributed by atoms with Gasteiger partial charge < -0.3 is 10.0 Å². The van der Waals surface area contributed by atoms with Crippen molar-refractivity contribution >= 4 is 21.7 Å².